The number of hydrogen-bond donors (Lipinski definition) is 4. The molecule has 218 valence electrons. The number of methoxy groups -OCH3 is 2. The number of anilines is 1. The van der Waals surface area contributed by atoms with Gasteiger partial charge < -0.3 is 30.5 Å². The van der Waals surface area contributed by atoms with Crippen molar-refractivity contribution < 1.29 is 19.4 Å². The maximum atomic E-state index is 12.7. The van der Waals surface area contributed by atoms with Crippen LogP contribution in [0.4, 0.5) is 5.82 Å². The van der Waals surface area contributed by atoms with E-state index in [0.29, 0.717) is 35.7 Å². The molecule has 2 aliphatic rings. The molecule has 2 heterocycles. The molecule has 41 heavy (non-hydrogen) atoms. The fourth-order valence-corrected chi connectivity index (χ4v) is 6.01. The normalized spacial score (nSPS) is 16.4. The summed E-state index contributed by atoms with van der Waals surface area (Å²) in [5, 5.41) is 20.1. The lowest BCUT2D eigenvalue weighted by atomic mass is 9.81. The summed E-state index contributed by atoms with van der Waals surface area (Å²) in [6, 6.07) is 18.6. The third-order valence-electron chi connectivity index (χ3n) is 8.49. The molecule has 4 N–H and O–H groups in total. The van der Waals surface area contributed by atoms with E-state index >= 15 is 0 Å². The number of aliphatic hydroxyl groups excluding tert-OH is 1. The van der Waals surface area contributed by atoms with Crippen molar-refractivity contribution in [3.8, 4) is 11.5 Å². The zero-order chi connectivity index (χ0) is 28.6. The second kappa shape index (κ2) is 13.8. The minimum Gasteiger partial charge on any atom is -0.497 e. The Kier molecular flexibility index (Phi) is 9.75. The Labute approximate surface area is 242 Å². The summed E-state index contributed by atoms with van der Waals surface area (Å²) >= 11 is 0. The Morgan fingerprint density at radius 3 is 2.51 bits per heavy atom. The highest BCUT2D eigenvalue weighted by atomic mass is 16.5. The molecule has 1 aromatic heterocycles. The Hall–Kier alpha value is -3.62. The first-order valence-corrected chi connectivity index (χ1v) is 14.7. The number of nitrogens with zero attached hydrogens (tertiary/aromatic N) is 1. The minimum absolute atomic E-state index is 0.200. The maximum absolute atomic E-state index is 12.7. The van der Waals surface area contributed by atoms with Crippen molar-refractivity contribution >= 4 is 11.7 Å². The highest BCUT2D eigenvalue weighted by Gasteiger charge is 2.29. The lowest BCUT2D eigenvalue weighted by Crippen LogP contribution is -2.51. The molecular weight excluding hydrogens is 516 g/mol. The first-order chi connectivity index (χ1) is 20.0. The molecule has 3 aromatic rings. The van der Waals surface area contributed by atoms with Crippen LogP contribution >= 0.6 is 0 Å². The topological polar surface area (TPSA) is 105 Å². The van der Waals surface area contributed by atoms with Gasteiger partial charge >= 0.3 is 0 Å². The number of hydrogen-bond acceptors (Lipinski definition) is 7. The molecule has 1 aliphatic heterocycles. The molecule has 0 radical (unpaired) electrons. The summed E-state index contributed by atoms with van der Waals surface area (Å²) in [7, 11) is 3.37. The van der Waals surface area contributed by atoms with Crippen LogP contribution in [0.1, 0.15) is 46.3 Å². The third kappa shape index (κ3) is 7.57. The predicted octanol–water partition coefficient (Wildman–Crippen LogP) is 4.02. The van der Waals surface area contributed by atoms with E-state index in [1.54, 1.807) is 32.5 Å². The van der Waals surface area contributed by atoms with E-state index in [9.17, 15) is 9.90 Å². The summed E-state index contributed by atoms with van der Waals surface area (Å²) in [6.07, 6.45) is 6.62. The maximum Gasteiger partial charge on any atom is 0.251 e. The van der Waals surface area contributed by atoms with Crippen LogP contribution in [0, 0.1) is 11.8 Å². The van der Waals surface area contributed by atoms with Gasteiger partial charge in [0.2, 0.25) is 0 Å². The number of pyridine rings is 1. The van der Waals surface area contributed by atoms with Crippen molar-refractivity contribution in [3.63, 3.8) is 0 Å². The second-order valence-electron chi connectivity index (χ2n) is 11.3. The van der Waals surface area contributed by atoms with Crippen LogP contribution in [0.25, 0.3) is 0 Å². The van der Waals surface area contributed by atoms with Crippen LogP contribution in [-0.2, 0) is 19.3 Å². The quantitative estimate of drug-likeness (QED) is 0.237. The number of rotatable bonds is 14. The molecule has 2 atom stereocenters. The van der Waals surface area contributed by atoms with Gasteiger partial charge in [0.25, 0.3) is 5.91 Å². The summed E-state index contributed by atoms with van der Waals surface area (Å²) in [5.41, 5.74) is 4.62. The average Bonchev–Trinajstić information content (AvgIpc) is 3.42. The standard InChI is InChI=1S/C33H42N4O4/c1-40-30-11-10-25(31(18-30)41-2)14-24(27-15-22-6-3-4-7-23(22)16-27)8-5-9-29(38)21-36-33(39)26-12-13-35-32(17-26)37-28-19-34-20-28/h3-4,6-7,10-13,17-18,24,27-29,34,38H,5,8-9,14-16,19-21H2,1-2H3,(H,35,37)(H,36,39)/t24?,29-/m0/s1. The van der Waals surface area contributed by atoms with Crippen LogP contribution in [0.5, 0.6) is 11.5 Å². The number of ether oxygens (including phenoxy) is 2. The van der Waals surface area contributed by atoms with Crippen LogP contribution in [-0.4, -0.2) is 62.0 Å². The lowest BCUT2D eigenvalue weighted by molar-refractivity contribution is 0.0906. The molecule has 1 aliphatic carbocycles. The number of amides is 1. The fraction of sp³-hybridized carbons (Fsp3) is 0.455. The monoisotopic (exact) mass is 558 g/mol. The molecule has 1 fully saturated rings. The van der Waals surface area contributed by atoms with Gasteiger partial charge in [-0.1, -0.05) is 36.8 Å². The fourth-order valence-electron chi connectivity index (χ4n) is 6.01. The van der Waals surface area contributed by atoms with Gasteiger partial charge in [-0.3, -0.25) is 4.79 Å². The van der Waals surface area contributed by atoms with Gasteiger partial charge in [0.05, 0.1) is 26.4 Å². The van der Waals surface area contributed by atoms with E-state index in [4.69, 9.17) is 9.47 Å². The highest BCUT2D eigenvalue weighted by Crippen LogP contribution is 2.37. The molecule has 0 bridgehead atoms. The molecular formula is C33H42N4O4. The van der Waals surface area contributed by atoms with Crippen molar-refractivity contribution in [1.29, 1.82) is 0 Å². The lowest BCUT2D eigenvalue weighted by Gasteiger charge is -2.28. The minimum atomic E-state index is -0.601. The molecule has 8 nitrogen and oxygen atoms in total. The smallest absolute Gasteiger partial charge is 0.251 e. The van der Waals surface area contributed by atoms with E-state index in [1.165, 1.54) is 16.7 Å². The van der Waals surface area contributed by atoms with E-state index in [2.05, 4.69) is 51.3 Å². The summed E-state index contributed by atoms with van der Waals surface area (Å²) in [4.78, 5) is 17.0. The van der Waals surface area contributed by atoms with Crippen molar-refractivity contribution in [3.05, 3.63) is 83.0 Å². The van der Waals surface area contributed by atoms with Crippen molar-refractivity contribution in [2.45, 2.75) is 50.7 Å². The van der Waals surface area contributed by atoms with Crippen molar-refractivity contribution in [1.82, 2.24) is 15.6 Å². The average molecular weight is 559 g/mol. The number of fused-ring (bicyclic) bond motifs is 1. The molecule has 2 aromatic carbocycles. The number of nitrogens with one attached hydrogen (secondary N) is 3. The first-order valence-electron chi connectivity index (χ1n) is 14.7. The Balaban J connectivity index is 1.15. The first kappa shape index (κ1) is 28.9. The number of aromatic nitrogens is 1. The van der Waals surface area contributed by atoms with E-state index < -0.39 is 6.10 Å². The Morgan fingerprint density at radius 2 is 1.83 bits per heavy atom. The second-order valence-corrected chi connectivity index (χ2v) is 11.3. The molecule has 0 spiro atoms. The number of aliphatic hydroxyl groups is 1. The van der Waals surface area contributed by atoms with E-state index in [-0.39, 0.29) is 12.5 Å². The number of benzene rings is 2. The van der Waals surface area contributed by atoms with Gasteiger partial charge in [-0.25, -0.2) is 4.98 Å². The van der Waals surface area contributed by atoms with Crippen LogP contribution in [0.3, 0.4) is 0 Å². The molecule has 1 saturated heterocycles. The van der Waals surface area contributed by atoms with Crippen LogP contribution in [0.15, 0.2) is 60.8 Å². The molecule has 5 rings (SSSR count). The predicted molar refractivity (Wildman–Crippen MR) is 161 cm³/mol. The van der Waals surface area contributed by atoms with Gasteiger partial charge in [-0.2, -0.15) is 0 Å². The molecule has 0 saturated carbocycles. The zero-order valence-electron chi connectivity index (χ0n) is 24.1. The van der Waals surface area contributed by atoms with Crippen molar-refractivity contribution in [2.75, 3.05) is 39.2 Å². The number of carbonyl (C=O) groups excluding carboxylic acids is 1. The number of carbonyl (C=O) groups is 1. The summed E-state index contributed by atoms with van der Waals surface area (Å²) in [5.74, 6) is 3.12. The van der Waals surface area contributed by atoms with Gasteiger partial charge in [-0.15, -0.1) is 0 Å². The van der Waals surface area contributed by atoms with Gasteiger partial charge in [-0.05, 0) is 78.8 Å². The van der Waals surface area contributed by atoms with E-state index in [0.717, 1.165) is 56.7 Å². The van der Waals surface area contributed by atoms with Crippen molar-refractivity contribution in [2.24, 2.45) is 11.8 Å². The van der Waals surface area contributed by atoms with Gasteiger partial charge in [0, 0.05) is 37.5 Å². The van der Waals surface area contributed by atoms with Gasteiger partial charge in [0.15, 0.2) is 0 Å². The Morgan fingerprint density at radius 1 is 1.05 bits per heavy atom. The van der Waals surface area contributed by atoms with E-state index in [1.807, 2.05) is 12.1 Å². The summed E-state index contributed by atoms with van der Waals surface area (Å²) in [6.45, 7) is 2.02. The molecule has 8 heteroatoms. The van der Waals surface area contributed by atoms with Gasteiger partial charge in [0.1, 0.15) is 17.3 Å². The zero-order valence-corrected chi connectivity index (χ0v) is 24.1. The third-order valence-corrected chi connectivity index (χ3v) is 8.49. The SMILES string of the molecule is COc1ccc(CC(CCC[C@H](O)CNC(=O)c2ccnc(NC3CNC3)c2)C2Cc3ccccc3C2)c(OC)c1. The molecule has 1 amide bonds. The highest BCUT2D eigenvalue weighted by molar-refractivity contribution is 5.94. The van der Waals surface area contributed by atoms with Crippen LogP contribution < -0.4 is 25.4 Å². The molecule has 1 unspecified atom stereocenters. The Bertz CT molecular complexity index is 1290. The largest absolute Gasteiger partial charge is 0.497 e. The van der Waals surface area contributed by atoms with Crippen LogP contribution in [0.2, 0.25) is 0 Å². The summed E-state index contributed by atoms with van der Waals surface area (Å²) < 4.78 is 11.1.